The number of hydrogen-bond acceptors (Lipinski definition) is 4. The Bertz CT molecular complexity index is 281. The Morgan fingerprint density at radius 2 is 1.89 bits per heavy atom. The van der Waals surface area contributed by atoms with Gasteiger partial charge in [0.05, 0.1) is 7.11 Å². The quantitative estimate of drug-likeness (QED) is 0.773. The third-order valence-corrected chi connectivity index (χ3v) is 4.85. The van der Waals surface area contributed by atoms with Crippen LogP contribution in [0.5, 0.6) is 0 Å². The summed E-state index contributed by atoms with van der Waals surface area (Å²) < 4.78 is 4.60. The molecule has 0 radical (unpaired) electrons. The predicted molar refractivity (Wildman–Crippen MR) is 73.8 cm³/mol. The highest BCUT2D eigenvalue weighted by Crippen LogP contribution is 2.28. The van der Waals surface area contributed by atoms with Crippen molar-refractivity contribution in [3.63, 3.8) is 0 Å². The van der Waals surface area contributed by atoms with Crippen LogP contribution >= 0.6 is 0 Å². The lowest BCUT2D eigenvalue weighted by Gasteiger charge is -2.33. The van der Waals surface area contributed by atoms with Gasteiger partial charge in [0.2, 0.25) is 0 Å². The van der Waals surface area contributed by atoms with E-state index in [4.69, 9.17) is 0 Å². The molecule has 0 aromatic heterocycles. The van der Waals surface area contributed by atoms with Gasteiger partial charge in [-0.1, -0.05) is 25.7 Å². The molecule has 19 heavy (non-hydrogen) atoms. The van der Waals surface area contributed by atoms with Gasteiger partial charge in [0.25, 0.3) is 0 Å². The van der Waals surface area contributed by atoms with Gasteiger partial charge in [-0.3, -0.25) is 0 Å². The summed E-state index contributed by atoms with van der Waals surface area (Å²) in [6.45, 7) is 3.20. The lowest BCUT2D eigenvalue weighted by molar-refractivity contribution is -0.154. The zero-order chi connectivity index (χ0) is 13.7. The molecule has 0 amide bonds. The Kier molecular flexibility index (Phi) is 5.64. The first-order chi connectivity index (χ1) is 9.20. The van der Waals surface area contributed by atoms with Crippen molar-refractivity contribution in [1.29, 1.82) is 0 Å². The number of carbonyl (C=O) groups is 1. The number of aliphatic hydroxyl groups excluding tert-OH is 1. The molecule has 1 N–H and O–H groups in total. The molecular weight excluding hydrogens is 242 g/mol. The maximum absolute atomic E-state index is 11.3. The molecule has 1 saturated carbocycles. The molecule has 1 aliphatic carbocycles. The monoisotopic (exact) mass is 269 g/mol. The molecule has 0 spiro atoms. The van der Waals surface area contributed by atoms with E-state index >= 15 is 0 Å². The number of nitrogens with zero attached hydrogens (tertiary/aromatic N) is 1. The van der Waals surface area contributed by atoms with Crippen LogP contribution in [0.15, 0.2) is 0 Å². The van der Waals surface area contributed by atoms with Crippen molar-refractivity contribution in [2.24, 2.45) is 11.8 Å². The minimum atomic E-state index is -0.929. The van der Waals surface area contributed by atoms with Crippen LogP contribution < -0.4 is 0 Å². The largest absolute Gasteiger partial charge is 0.467 e. The summed E-state index contributed by atoms with van der Waals surface area (Å²) in [5.74, 6) is 0.540. The van der Waals surface area contributed by atoms with Crippen molar-refractivity contribution in [2.75, 3.05) is 26.7 Å². The Balaban J connectivity index is 1.65. The summed E-state index contributed by atoms with van der Waals surface area (Å²) in [6, 6.07) is 0. The maximum atomic E-state index is 11.3. The number of piperidine rings is 1. The molecule has 1 heterocycles. The van der Waals surface area contributed by atoms with Crippen LogP contribution in [0, 0.1) is 11.8 Å². The minimum Gasteiger partial charge on any atom is -0.467 e. The van der Waals surface area contributed by atoms with Crippen LogP contribution in [0.25, 0.3) is 0 Å². The van der Waals surface area contributed by atoms with Crippen LogP contribution in [0.3, 0.4) is 0 Å². The second kappa shape index (κ2) is 7.25. The summed E-state index contributed by atoms with van der Waals surface area (Å²) in [4.78, 5) is 13.8. The first kappa shape index (κ1) is 14.8. The van der Waals surface area contributed by atoms with E-state index in [-0.39, 0.29) is 5.92 Å². The number of hydrogen-bond donors (Lipinski definition) is 1. The van der Waals surface area contributed by atoms with Crippen LogP contribution in [0.2, 0.25) is 0 Å². The number of carbonyl (C=O) groups excluding carboxylic acids is 1. The van der Waals surface area contributed by atoms with Gasteiger partial charge >= 0.3 is 5.97 Å². The van der Waals surface area contributed by atoms with Crippen molar-refractivity contribution in [3.8, 4) is 0 Å². The van der Waals surface area contributed by atoms with Crippen molar-refractivity contribution in [3.05, 3.63) is 0 Å². The van der Waals surface area contributed by atoms with Gasteiger partial charge in [-0.05, 0) is 50.7 Å². The standard InChI is InChI=1S/C15H27NO3/c1-19-15(18)14(17)13-7-10-16(11-8-13)9-6-12-4-2-3-5-12/h12-14,17H,2-11H2,1H3. The van der Waals surface area contributed by atoms with E-state index < -0.39 is 12.1 Å². The fourth-order valence-electron chi connectivity index (χ4n) is 3.47. The average Bonchev–Trinajstić information content (AvgIpc) is 2.97. The second-order valence-corrected chi connectivity index (χ2v) is 6.09. The summed E-state index contributed by atoms with van der Waals surface area (Å²) in [5, 5.41) is 9.84. The number of likely N-dealkylation sites (tertiary alicyclic amines) is 1. The Hall–Kier alpha value is -0.610. The highest BCUT2D eigenvalue weighted by atomic mass is 16.5. The molecule has 2 fully saturated rings. The summed E-state index contributed by atoms with van der Waals surface area (Å²) in [5.41, 5.74) is 0. The number of aliphatic hydroxyl groups is 1. The van der Waals surface area contributed by atoms with Crippen molar-refractivity contribution in [2.45, 2.75) is 51.0 Å². The van der Waals surface area contributed by atoms with E-state index in [1.54, 1.807) is 0 Å². The zero-order valence-corrected chi connectivity index (χ0v) is 12.0. The Morgan fingerprint density at radius 3 is 2.47 bits per heavy atom. The van der Waals surface area contributed by atoms with E-state index in [0.717, 1.165) is 31.8 Å². The predicted octanol–water partition coefficient (Wildman–Crippen LogP) is 1.81. The molecule has 0 aromatic carbocycles. The Labute approximate surface area is 116 Å². The molecule has 0 bridgehead atoms. The van der Waals surface area contributed by atoms with Gasteiger partial charge in [-0.15, -0.1) is 0 Å². The summed E-state index contributed by atoms with van der Waals surface area (Å²) >= 11 is 0. The zero-order valence-electron chi connectivity index (χ0n) is 12.0. The number of methoxy groups -OCH3 is 1. The minimum absolute atomic E-state index is 0.0789. The average molecular weight is 269 g/mol. The van der Waals surface area contributed by atoms with Gasteiger partial charge in [0.15, 0.2) is 6.10 Å². The lowest BCUT2D eigenvalue weighted by atomic mass is 9.91. The van der Waals surface area contributed by atoms with Gasteiger partial charge in [-0.2, -0.15) is 0 Å². The smallest absolute Gasteiger partial charge is 0.334 e. The third-order valence-electron chi connectivity index (χ3n) is 4.85. The molecule has 4 nitrogen and oxygen atoms in total. The molecule has 1 unspecified atom stereocenters. The molecular formula is C15H27NO3. The first-order valence-corrected chi connectivity index (χ1v) is 7.69. The van der Waals surface area contributed by atoms with E-state index in [1.165, 1.54) is 45.8 Å². The summed E-state index contributed by atoms with van der Waals surface area (Å²) in [6.07, 6.45) is 7.86. The topological polar surface area (TPSA) is 49.8 Å². The first-order valence-electron chi connectivity index (χ1n) is 7.69. The SMILES string of the molecule is COC(=O)C(O)C1CCN(CCC2CCCC2)CC1. The van der Waals surface area contributed by atoms with E-state index in [0.29, 0.717) is 0 Å². The van der Waals surface area contributed by atoms with E-state index in [2.05, 4.69) is 9.64 Å². The van der Waals surface area contributed by atoms with Crippen molar-refractivity contribution in [1.82, 2.24) is 4.90 Å². The molecule has 2 rings (SSSR count). The van der Waals surface area contributed by atoms with Crippen LogP contribution in [0.1, 0.15) is 44.9 Å². The molecule has 1 saturated heterocycles. The van der Waals surface area contributed by atoms with Crippen LogP contribution in [-0.2, 0) is 9.53 Å². The second-order valence-electron chi connectivity index (χ2n) is 6.09. The van der Waals surface area contributed by atoms with E-state index in [9.17, 15) is 9.90 Å². The number of esters is 1. The molecule has 110 valence electrons. The number of ether oxygens (including phenoxy) is 1. The van der Waals surface area contributed by atoms with Gasteiger partial charge in [0, 0.05) is 0 Å². The number of rotatable bonds is 5. The van der Waals surface area contributed by atoms with Crippen LogP contribution in [-0.4, -0.2) is 48.8 Å². The van der Waals surface area contributed by atoms with E-state index in [1.807, 2.05) is 0 Å². The normalized spacial score (nSPS) is 24.5. The third kappa shape index (κ3) is 4.18. The molecule has 2 aliphatic rings. The van der Waals surface area contributed by atoms with Crippen molar-refractivity contribution >= 4 is 5.97 Å². The van der Waals surface area contributed by atoms with Gasteiger partial charge < -0.3 is 14.7 Å². The maximum Gasteiger partial charge on any atom is 0.334 e. The van der Waals surface area contributed by atoms with Crippen LogP contribution in [0.4, 0.5) is 0 Å². The molecule has 0 aromatic rings. The molecule has 4 heteroatoms. The Morgan fingerprint density at radius 1 is 1.26 bits per heavy atom. The molecule has 1 aliphatic heterocycles. The van der Waals surface area contributed by atoms with Crippen molar-refractivity contribution < 1.29 is 14.6 Å². The highest BCUT2D eigenvalue weighted by Gasteiger charge is 2.30. The van der Waals surface area contributed by atoms with Gasteiger partial charge in [-0.25, -0.2) is 4.79 Å². The fraction of sp³-hybridized carbons (Fsp3) is 0.933. The fourth-order valence-corrected chi connectivity index (χ4v) is 3.47. The molecule has 1 atom stereocenters. The lowest BCUT2D eigenvalue weighted by Crippen LogP contribution is -2.41. The van der Waals surface area contributed by atoms with Gasteiger partial charge in [0.1, 0.15) is 0 Å². The summed E-state index contributed by atoms with van der Waals surface area (Å²) in [7, 11) is 1.34. The highest BCUT2D eigenvalue weighted by molar-refractivity contribution is 5.74.